The number of hydrogen-bond acceptors (Lipinski definition) is 4. The fraction of sp³-hybridized carbons (Fsp3) is 0.600. The Morgan fingerprint density at radius 1 is 1.33 bits per heavy atom. The van der Waals surface area contributed by atoms with Gasteiger partial charge in [0.15, 0.2) is 0 Å². The zero-order chi connectivity index (χ0) is 15.6. The fourth-order valence-corrected chi connectivity index (χ4v) is 3.35. The third kappa shape index (κ3) is 3.47. The highest BCUT2D eigenvalue weighted by atomic mass is 35.5. The maximum absolute atomic E-state index is 10.9. The molecule has 1 aromatic carbocycles. The van der Waals surface area contributed by atoms with Gasteiger partial charge in [-0.3, -0.25) is 10.1 Å². The average Bonchev–Trinajstić information content (AvgIpc) is 2.48. The van der Waals surface area contributed by atoms with E-state index in [2.05, 4.69) is 17.3 Å². The number of nitro benzene ring substituents is 1. The standard InChI is InChI=1S/C15H22ClN3O2/c1-10-8-15(19(20)21)13(16)9-14(10)18(3)12-6-4-11(17-2)5-7-12/h8-9,11-12,17H,4-7H2,1-3H3. The molecule has 0 amide bonds. The van der Waals surface area contributed by atoms with Gasteiger partial charge >= 0.3 is 0 Å². The van der Waals surface area contributed by atoms with Crippen molar-refractivity contribution < 1.29 is 4.92 Å². The number of nitrogens with one attached hydrogen (secondary N) is 1. The van der Waals surface area contributed by atoms with Gasteiger partial charge in [0.1, 0.15) is 5.02 Å². The molecule has 1 aromatic rings. The van der Waals surface area contributed by atoms with Crippen LogP contribution in [0.5, 0.6) is 0 Å². The Morgan fingerprint density at radius 3 is 2.48 bits per heavy atom. The third-order valence-corrected chi connectivity index (χ3v) is 4.80. The molecule has 0 radical (unpaired) electrons. The van der Waals surface area contributed by atoms with E-state index in [1.165, 1.54) is 0 Å². The topological polar surface area (TPSA) is 58.4 Å². The molecule has 5 nitrogen and oxygen atoms in total. The van der Waals surface area contributed by atoms with E-state index in [0.29, 0.717) is 12.1 Å². The predicted octanol–water partition coefficient (Wildman–Crippen LogP) is 3.52. The van der Waals surface area contributed by atoms with Gasteiger partial charge in [-0.1, -0.05) is 11.6 Å². The van der Waals surface area contributed by atoms with Gasteiger partial charge < -0.3 is 10.2 Å². The van der Waals surface area contributed by atoms with Crippen molar-refractivity contribution in [2.24, 2.45) is 0 Å². The first kappa shape index (κ1) is 16.0. The number of aryl methyl sites for hydroxylation is 1. The second kappa shape index (κ2) is 6.62. The number of rotatable bonds is 4. The van der Waals surface area contributed by atoms with E-state index in [0.717, 1.165) is 36.9 Å². The quantitative estimate of drug-likeness (QED) is 0.682. The Kier molecular flexibility index (Phi) is 5.06. The van der Waals surface area contributed by atoms with Crippen LogP contribution in [0.4, 0.5) is 11.4 Å². The third-order valence-electron chi connectivity index (χ3n) is 4.49. The molecule has 21 heavy (non-hydrogen) atoms. The van der Waals surface area contributed by atoms with Gasteiger partial charge in [0.2, 0.25) is 0 Å². The molecule has 0 atom stereocenters. The second-order valence-electron chi connectivity index (χ2n) is 5.75. The van der Waals surface area contributed by atoms with Gasteiger partial charge in [-0.2, -0.15) is 0 Å². The van der Waals surface area contributed by atoms with Crippen LogP contribution in [0.15, 0.2) is 12.1 Å². The number of nitro groups is 1. The summed E-state index contributed by atoms with van der Waals surface area (Å²) in [5.74, 6) is 0. The average molecular weight is 312 g/mol. The first-order valence-corrected chi connectivity index (χ1v) is 7.66. The summed E-state index contributed by atoms with van der Waals surface area (Å²) < 4.78 is 0. The Balaban J connectivity index is 2.18. The van der Waals surface area contributed by atoms with Gasteiger partial charge in [-0.25, -0.2) is 0 Å². The van der Waals surface area contributed by atoms with Gasteiger partial charge in [0.05, 0.1) is 4.92 Å². The lowest BCUT2D eigenvalue weighted by Gasteiger charge is -2.36. The molecular formula is C15H22ClN3O2. The summed E-state index contributed by atoms with van der Waals surface area (Å²) >= 11 is 6.05. The highest BCUT2D eigenvalue weighted by Crippen LogP contribution is 2.35. The van der Waals surface area contributed by atoms with Gasteiger partial charge in [-0.05, 0) is 51.3 Å². The maximum Gasteiger partial charge on any atom is 0.288 e. The predicted molar refractivity (Wildman–Crippen MR) is 86.4 cm³/mol. The van der Waals surface area contributed by atoms with Crippen molar-refractivity contribution in [1.29, 1.82) is 0 Å². The number of nitrogens with zero attached hydrogens (tertiary/aromatic N) is 2. The normalized spacial score (nSPS) is 22.1. The van der Waals surface area contributed by atoms with E-state index in [9.17, 15) is 10.1 Å². The lowest BCUT2D eigenvalue weighted by atomic mass is 9.90. The van der Waals surface area contributed by atoms with Crippen molar-refractivity contribution in [3.8, 4) is 0 Å². The van der Waals surface area contributed by atoms with Crippen LogP contribution in [0.2, 0.25) is 5.02 Å². The molecule has 0 heterocycles. The minimum absolute atomic E-state index is 0.0230. The Morgan fingerprint density at radius 2 is 1.95 bits per heavy atom. The summed E-state index contributed by atoms with van der Waals surface area (Å²) in [4.78, 5) is 12.7. The first-order chi connectivity index (χ1) is 9.93. The van der Waals surface area contributed by atoms with Crippen molar-refractivity contribution in [3.05, 3.63) is 32.8 Å². The van der Waals surface area contributed by atoms with E-state index in [-0.39, 0.29) is 10.7 Å². The molecule has 6 heteroatoms. The van der Waals surface area contributed by atoms with E-state index in [4.69, 9.17) is 11.6 Å². The van der Waals surface area contributed by atoms with Gasteiger partial charge in [0.25, 0.3) is 5.69 Å². The minimum atomic E-state index is -0.433. The van der Waals surface area contributed by atoms with Crippen molar-refractivity contribution >= 4 is 23.0 Å². The van der Waals surface area contributed by atoms with Crippen molar-refractivity contribution in [2.45, 2.75) is 44.7 Å². The molecule has 0 unspecified atom stereocenters. The van der Waals surface area contributed by atoms with Gasteiger partial charge in [0, 0.05) is 30.9 Å². The monoisotopic (exact) mass is 311 g/mol. The summed E-state index contributed by atoms with van der Waals surface area (Å²) in [5.41, 5.74) is 1.85. The van der Waals surface area contributed by atoms with E-state index in [1.807, 2.05) is 14.0 Å². The van der Waals surface area contributed by atoms with Crippen LogP contribution in [-0.2, 0) is 0 Å². The number of anilines is 1. The second-order valence-corrected chi connectivity index (χ2v) is 6.16. The molecule has 0 bridgehead atoms. The molecule has 1 fully saturated rings. The van der Waals surface area contributed by atoms with Crippen molar-refractivity contribution in [3.63, 3.8) is 0 Å². The molecule has 1 aliphatic rings. The molecule has 2 rings (SSSR count). The summed E-state index contributed by atoms with van der Waals surface area (Å²) in [6.45, 7) is 1.90. The van der Waals surface area contributed by atoms with Gasteiger partial charge in [-0.15, -0.1) is 0 Å². The maximum atomic E-state index is 10.9. The molecule has 1 aliphatic carbocycles. The van der Waals surface area contributed by atoms with E-state index in [1.54, 1.807) is 12.1 Å². The number of halogens is 1. The van der Waals surface area contributed by atoms with Crippen LogP contribution in [0.3, 0.4) is 0 Å². The van der Waals surface area contributed by atoms with E-state index < -0.39 is 4.92 Å². The molecule has 0 aliphatic heterocycles. The summed E-state index contributed by atoms with van der Waals surface area (Å²) in [6, 6.07) is 4.36. The molecule has 0 spiro atoms. The lowest BCUT2D eigenvalue weighted by molar-refractivity contribution is -0.384. The minimum Gasteiger partial charge on any atom is -0.371 e. The molecule has 1 N–H and O–H groups in total. The Hall–Kier alpha value is -1.33. The molecule has 116 valence electrons. The summed E-state index contributed by atoms with van der Waals surface area (Å²) in [7, 11) is 4.06. The molecular weight excluding hydrogens is 290 g/mol. The highest BCUT2D eigenvalue weighted by Gasteiger charge is 2.25. The fourth-order valence-electron chi connectivity index (χ4n) is 3.12. The van der Waals surface area contributed by atoms with Crippen LogP contribution < -0.4 is 10.2 Å². The lowest BCUT2D eigenvalue weighted by Crippen LogP contribution is -2.40. The van der Waals surface area contributed by atoms with Crippen LogP contribution >= 0.6 is 11.6 Å². The van der Waals surface area contributed by atoms with Crippen LogP contribution in [-0.4, -0.2) is 31.1 Å². The highest BCUT2D eigenvalue weighted by molar-refractivity contribution is 6.33. The Bertz CT molecular complexity index is 528. The van der Waals surface area contributed by atoms with E-state index >= 15 is 0 Å². The Labute approximate surface area is 130 Å². The molecule has 0 saturated heterocycles. The summed E-state index contributed by atoms with van der Waals surface area (Å²) in [5, 5.41) is 14.5. The largest absolute Gasteiger partial charge is 0.371 e. The smallest absolute Gasteiger partial charge is 0.288 e. The molecule has 0 aromatic heterocycles. The van der Waals surface area contributed by atoms with Crippen LogP contribution in [0.25, 0.3) is 0 Å². The molecule has 1 saturated carbocycles. The number of benzene rings is 1. The van der Waals surface area contributed by atoms with Crippen LogP contribution in [0.1, 0.15) is 31.2 Å². The number of hydrogen-bond donors (Lipinski definition) is 1. The summed E-state index contributed by atoms with van der Waals surface area (Å²) in [6.07, 6.45) is 4.56. The zero-order valence-electron chi connectivity index (χ0n) is 12.7. The zero-order valence-corrected chi connectivity index (χ0v) is 13.5. The van der Waals surface area contributed by atoms with Crippen LogP contribution in [0, 0.1) is 17.0 Å². The SMILES string of the molecule is CNC1CCC(N(C)c2cc(Cl)c([N+](=O)[O-])cc2C)CC1. The van der Waals surface area contributed by atoms with Crippen molar-refractivity contribution in [2.75, 3.05) is 19.0 Å². The first-order valence-electron chi connectivity index (χ1n) is 7.28. The van der Waals surface area contributed by atoms with Crippen molar-refractivity contribution in [1.82, 2.24) is 5.32 Å².